The van der Waals surface area contributed by atoms with Gasteiger partial charge in [-0.15, -0.1) is 0 Å². The predicted octanol–water partition coefficient (Wildman–Crippen LogP) is 3.99. The maximum absolute atomic E-state index is 13.5. The highest BCUT2D eigenvalue weighted by molar-refractivity contribution is 5.94. The van der Waals surface area contributed by atoms with E-state index in [1.165, 1.54) is 6.20 Å². The van der Waals surface area contributed by atoms with Crippen molar-refractivity contribution >= 4 is 11.6 Å². The second-order valence-electron chi connectivity index (χ2n) is 7.17. The van der Waals surface area contributed by atoms with Crippen LogP contribution in [0.4, 0.5) is 13.2 Å². The number of aromatic nitrogens is 4. The highest BCUT2D eigenvalue weighted by Crippen LogP contribution is 2.35. The summed E-state index contributed by atoms with van der Waals surface area (Å²) in [6.45, 7) is 4.10. The van der Waals surface area contributed by atoms with Crippen molar-refractivity contribution in [3.63, 3.8) is 0 Å². The molecule has 0 spiro atoms. The second kappa shape index (κ2) is 7.13. The number of hydrogen-bond acceptors (Lipinski definition) is 4. The number of pyridine rings is 1. The van der Waals surface area contributed by atoms with E-state index in [1.807, 2.05) is 6.92 Å². The van der Waals surface area contributed by atoms with Gasteiger partial charge < -0.3 is 4.90 Å². The van der Waals surface area contributed by atoms with Crippen LogP contribution in [0, 0.1) is 6.92 Å². The van der Waals surface area contributed by atoms with Crippen molar-refractivity contribution in [2.24, 2.45) is 0 Å². The van der Waals surface area contributed by atoms with Crippen LogP contribution in [-0.2, 0) is 12.6 Å². The Morgan fingerprint density at radius 1 is 1.28 bits per heavy atom. The molecule has 1 saturated heterocycles. The third kappa shape index (κ3) is 3.56. The lowest BCUT2D eigenvalue weighted by molar-refractivity contribution is -0.142. The van der Waals surface area contributed by atoms with E-state index in [-0.39, 0.29) is 11.6 Å². The first-order chi connectivity index (χ1) is 13.8. The Labute approximate surface area is 165 Å². The number of rotatable bonds is 3. The van der Waals surface area contributed by atoms with Gasteiger partial charge in [0.15, 0.2) is 5.65 Å². The Morgan fingerprint density at radius 3 is 2.72 bits per heavy atom. The smallest absolute Gasteiger partial charge is 0.330 e. The molecule has 3 aromatic heterocycles. The van der Waals surface area contributed by atoms with E-state index in [0.717, 1.165) is 22.7 Å². The molecule has 9 heteroatoms. The molecule has 0 saturated carbocycles. The minimum absolute atomic E-state index is 0.142. The number of likely N-dealkylation sites (tertiary alicyclic amines) is 1. The van der Waals surface area contributed by atoms with Gasteiger partial charge in [-0.05, 0) is 44.4 Å². The highest BCUT2D eigenvalue weighted by atomic mass is 19.4. The molecular formula is C20H20F3N5O. The quantitative estimate of drug-likeness (QED) is 0.663. The summed E-state index contributed by atoms with van der Waals surface area (Å²) in [4.78, 5) is 23.0. The van der Waals surface area contributed by atoms with E-state index in [2.05, 4.69) is 15.1 Å². The summed E-state index contributed by atoms with van der Waals surface area (Å²) in [5, 5.41) is 4.20. The Morgan fingerprint density at radius 2 is 2.07 bits per heavy atom. The molecule has 4 heterocycles. The number of hydrogen-bond donors (Lipinski definition) is 0. The van der Waals surface area contributed by atoms with Gasteiger partial charge in [0, 0.05) is 30.2 Å². The van der Waals surface area contributed by atoms with Crippen molar-refractivity contribution in [2.75, 3.05) is 6.54 Å². The van der Waals surface area contributed by atoms with Gasteiger partial charge in [0.2, 0.25) is 0 Å². The van der Waals surface area contributed by atoms with Crippen LogP contribution >= 0.6 is 0 Å². The fraction of sp³-hybridized carbons (Fsp3) is 0.400. The summed E-state index contributed by atoms with van der Waals surface area (Å²) in [7, 11) is 0. The Bertz CT molecular complexity index is 1060. The van der Waals surface area contributed by atoms with E-state index in [4.69, 9.17) is 0 Å². The first-order valence-electron chi connectivity index (χ1n) is 9.48. The van der Waals surface area contributed by atoms with Crippen LogP contribution < -0.4 is 0 Å². The topological polar surface area (TPSA) is 63.4 Å². The second-order valence-corrected chi connectivity index (χ2v) is 7.17. The first-order valence-corrected chi connectivity index (χ1v) is 9.48. The molecule has 1 atom stereocenters. The molecule has 0 aliphatic carbocycles. The van der Waals surface area contributed by atoms with E-state index in [1.54, 1.807) is 30.0 Å². The van der Waals surface area contributed by atoms with Crippen molar-refractivity contribution < 1.29 is 18.0 Å². The van der Waals surface area contributed by atoms with E-state index in [0.29, 0.717) is 36.3 Å². The third-order valence-corrected chi connectivity index (χ3v) is 5.17. The Kier molecular flexibility index (Phi) is 4.76. The van der Waals surface area contributed by atoms with Crippen LogP contribution in [0.1, 0.15) is 58.9 Å². The molecule has 0 radical (unpaired) electrons. The van der Waals surface area contributed by atoms with Gasteiger partial charge in [0.1, 0.15) is 5.69 Å². The maximum atomic E-state index is 13.5. The third-order valence-electron chi connectivity index (χ3n) is 5.17. The van der Waals surface area contributed by atoms with Crippen molar-refractivity contribution in [1.82, 2.24) is 24.5 Å². The molecule has 29 heavy (non-hydrogen) atoms. The zero-order valence-electron chi connectivity index (χ0n) is 16.1. The standard InChI is InChI=1S/C20H20F3N5O/c1-3-14-9-17(20(21,22)23)28-18(25-14)10-15(26-28)16-5-4-8-27(16)19(29)13-7-6-12(2)24-11-13/h6-7,9-11,16H,3-5,8H2,1-2H3. The average Bonchev–Trinajstić information content (AvgIpc) is 3.32. The molecule has 0 N–H and O–H groups in total. The zero-order valence-corrected chi connectivity index (χ0v) is 16.1. The van der Waals surface area contributed by atoms with E-state index >= 15 is 0 Å². The van der Waals surface area contributed by atoms with Gasteiger partial charge in [-0.1, -0.05) is 6.92 Å². The van der Waals surface area contributed by atoms with Crippen LogP contribution in [0.5, 0.6) is 0 Å². The molecule has 4 rings (SSSR count). The summed E-state index contributed by atoms with van der Waals surface area (Å²) < 4.78 is 41.4. The van der Waals surface area contributed by atoms with Crippen LogP contribution in [-0.4, -0.2) is 36.9 Å². The minimum Gasteiger partial charge on any atom is -0.330 e. The first kappa shape index (κ1) is 19.4. The average molecular weight is 403 g/mol. The summed E-state index contributed by atoms with van der Waals surface area (Å²) in [5.41, 5.74) is 1.31. The van der Waals surface area contributed by atoms with Crippen LogP contribution in [0.25, 0.3) is 5.65 Å². The monoisotopic (exact) mass is 403 g/mol. The number of fused-ring (bicyclic) bond motifs is 1. The van der Waals surface area contributed by atoms with Gasteiger partial charge in [-0.3, -0.25) is 9.78 Å². The summed E-state index contributed by atoms with van der Waals surface area (Å²) in [5.74, 6) is -0.199. The molecule has 152 valence electrons. The largest absolute Gasteiger partial charge is 0.433 e. The van der Waals surface area contributed by atoms with Crippen LogP contribution in [0.15, 0.2) is 30.5 Å². The fourth-order valence-electron chi connectivity index (χ4n) is 3.67. The van der Waals surface area contributed by atoms with E-state index < -0.39 is 17.9 Å². The fourth-order valence-corrected chi connectivity index (χ4v) is 3.67. The summed E-state index contributed by atoms with van der Waals surface area (Å²) in [6, 6.07) is 5.66. The van der Waals surface area contributed by atoms with Gasteiger partial charge in [0.05, 0.1) is 17.3 Å². The van der Waals surface area contributed by atoms with Gasteiger partial charge in [0.25, 0.3) is 5.91 Å². The molecule has 0 bridgehead atoms. The van der Waals surface area contributed by atoms with E-state index in [9.17, 15) is 18.0 Å². The Balaban J connectivity index is 1.73. The number of halogens is 3. The summed E-state index contributed by atoms with van der Waals surface area (Å²) in [6.07, 6.45) is -1.25. The molecular weight excluding hydrogens is 383 g/mol. The lowest BCUT2D eigenvalue weighted by Gasteiger charge is -2.23. The van der Waals surface area contributed by atoms with Crippen molar-refractivity contribution in [3.05, 3.63) is 58.8 Å². The van der Waals surface area contributed by atoms with Gasteiger partial charge in [-0.25, -0.2) is 9.50 Å². The predicted molar refractivity (Wildman–Crippen MR) is 99.4 cm³/mol. The Hall–Kier alpha value is -2.97. The SMILES string of the molecule is CCc1cc(C(F)(F)F)n2nc(C3CCCN3C(=O)c3ccc(C)nc3)cc2n1. The molecule has 1 amide bonds. The molecule has 1 fully saturated rings. The van der Waals surface area contributed by atoms with Crippen molar-refractivity contribution in [1.29, 1.82) is 0 Å². The number of carbonyl (C=O) groups excluding carboxylic acids is 1. The number of alkyl halides is 3. The number of amides is 1. The molecule has 3 aromatic rings. The normalized spacial score (nSPS) is 17.3. The van der Waals surface area contributed by atoms with Crippen molar-refractivity contribution in [3.8, 4) is 0 Å². The maximum Gasteiger partial charge on any atom is 0.433 e. The lowest BCUT2D eigenvalue weighted by atomic mass is 10.1. The molecule has 0 aromatic carbocycles. The zero-order chi connectivity index (χ0) is 20.8. The molecule has 6 nitrogen and oxygen atoms in total. The molecule has 1 aliphatic rings. The number of aryl methyl sites for hydroxylation is 2. The van der Waals surface area contributed by atoms with Crippen LogP contribution in [0.2, 0.25) is 0 Å². The van der Waals surface area contributed by atoms with Gasteiger partial charge in [-0.2, -0.15) is 18.3 Å². The highest BCUT2D eigenvalue weighted by Gasteiger charge is 2.37. The van der Waals surface area contributed by atoms with Crippen LogP contribution in [0.3, 0.4) is 0 Å². The molecule has 1 unspecified atom stereocenters. The van der Waals surface area contributed by atoms with Crippen molar-refractivity contribution in [2.45, 2.75) is 45.3 Å². The van der Waals surface area contributed by atoms with Gasteiger partial charge >= 0.3 is 6.18 Å². The number of carbonyl (C=O) groups is 1. The molecule has 1 aliphatic heterocycles. The summed E-state index contributed by atoms with van der Waals surface area (Å²) >= 11 is 0. The number of nitrogens with zero attached hydrogens (tertiary/aromatic N) is 5. The lowest BCUT2D eigenvalue weighted by Crippen LogP contribution is -2.31. The minimum atomic E-state index is -4.55.